The maximum Gasteiger partial charge on any atom is 0.108 e. The van der Waals surface area contributed by atoms with E-state index in [0.717, 1.165) is 22.6 Å². The van der Waals surface area contributed by atoms with Gasteiger partial charge in [0.25, 0.3) is 0 Å². The summed E-state index contributed by atoms with van der Waals surface area (Å²) < 4.78 is 1.82. The molecule has 1 heterocycles. The molecule has 0 aliphatic heterocycles. The molecule has 2 aromatic rings. The fraction of sp³-hybridized carbons (Fsp3) is 0.308. The van der Waals surface area contributed by atoms with E-state index in [4.69, 9.17) is 0 Å². The van der Waals surface area contributed by atoms with Crippen molar-refractivity contribution in [1.29, 1.82) is 0 Å². The third kappa shape index (κ3) is 2.53. The minimum absolute atomic E-state index is 0.598. The molecule has 0 saturated heterocycles. The van der Waals surface area contributed by atoms with Crippen molar-refractivity contribution in [2.24, 2.45) is 0 Å². The van der Waals surface area contributed by atoms with Gasteiger partial charge >= 0.3 is 0 Å². The van der Waals surface area contributed by atoms with Crippen LogP contribution in [-0.4, -0.2) is 21.1 Å². The van der Waals surface area contributed by atoms with E-state index in [2.05, 4.69) is 5.10 Å². The summed E-state index contributed by atoms with van der Waals surface area (Å²) in [5.74, 6) is 0. The number of hydrogen-bond acceptors (Lipinski definition) is 3. The van der Waals surface area contributed by atoms with Crippen molar-refractivity contribution in [3.05, 3.63) is 47.8 Å². The summed E-state index contributed by atoms with van der Waals surface area (Å²) in [6.07, 6.45) is 5.03. The normalized spacial score (nSPS) is 12.6. The first-order valence-electron chi connectivity index (χ1n) is 5.59. The van der Waals surface area contributed by atoms with E-state index in [1.165, 1.54) is 0 Å². The Morgan fingerprint density at radius 2 is 2.18 bits per heavy atom. The van der Waals surface area contributed by atoms with Crippen LogP contribution in [0, 0.1) is 0 Å². The molecule has 1 aromatic heterocycles. The number of aromatic nitrogens is 2. The second-order valence-electron chi connectivity index (χ2n) is 3.77. The highest BCUT2D eigenvalue weighted by atomic mass is 32.2. The third-order valence-corrected chi connectivity index (χ3v) is 3.54. The first-order chi connectivity index (χ1) is 8.26. The fourth-order valence-corrected chi connectivity index (χ4v) is 2.40. The maximum atomic E-state index is 10.3. The van der Waals surface area contributed by atoms with Crippen LogP contribution in [0.25, 0.3) is 0 Å². The number of aliphatic hydroxyl groups excluding tert-OH is 1. The lowest BCUT2D eigenvalue weighted by molar-refractivity contribution is 0.217. The quantitative estimate of drug-likeness (QED) is 0.845. The van der Waals surface area contributed by atoms with E-state index in [1.807, 2.05) is 48.3 Å². The highest BCUT2D eigenvalue weighted by Gasteiger charge is 2.15. The molecule has 1 aromatic carbocycles. The lowest BCUT2D eigenvalue weighted by Gasteiger charge is -2.12. The fourth-order valence-electron chi connectivity index (χ4n) is 1.77. The minimum Gasteiger partial charge on any atom is -0.383 e. The number of aryl methyl sites for hydroxylation is 1. The molecule has 0 fully saturated rings. The molecule has 4 heteroatoms. The summed E-state index contributed by atoms with van der Waals surface area (Å²) in [6, 6.07) is 7.91. The van der Waals surface area contributed by atoms with Gasteiger partial charge in [-0.3, -0.25) is 4.68 Å². The zero-order valence-corrected chi connectivity index (χ0v) is 10.8. The van der Waals surface area contributed by atoms with Crippen molar-refractivity contribution in [1.82, 2.24) is 9.78 Å². The highest BCUT2D eigenvalue weighted by molar-refractivity contribution is 7.98. The lowest BCUT2D eigenvalue weighted by Crippen LogP contribution is -2.00. The summed E-state index contributed by atoms with van der Waals surface area (Å²) in [5, 5.41) is 14.5. The first kappa shape index (κ1) is 12.2. The standard InChI is InChI=1S/C13H16N2OS/c1-3-15-9-10(8-14-15)13(16)11-6-4-5-7-12(11)17-2/h4-9,13,16H,3H2,1-2H3. The van der Waals surface area contributed by atoms with Crippen molar-refractivity contribution < 1.29 is 5.11 Å². The van der Waals surface area contributed by atoms with Crippen LogP contribution in [0.4, 0.5) is 0 Å². The Bertz CT molecular complexity index is 496. The molecule has 0 bridgehead atoms. The molecule has 0 saturated carbocycles. The van der Waals surface area contributed by atoms with Gasteiger partial charge in [0.1, 0.15) is 6.10 Å². The summed E-state index contributed by atoms with van der Waals surface area (Å²) in [7, 11) is 0. The number of nitrogens with zero attached hydrogens (tertiary/aromatic N) is 2. The third-order valence-electron chi connectivity index (χ3n) is 2.73. The van der Waals surface area contributed by atoms with Gasteiger partial charge in [0.2, 0.25) is 0 Å². The molecule has 2 rings (SSSR count). The summed E-state index contributed by atoms with van der Waals surface area (Å²) >= 11 is 1.64. The predicted molar refractivity (Wildman–Crippen MR) is 70.2 cm³/mol. The van der Waals surface area contributed by atoms with Crippen LogP contribution in [-0.2, 0) is 6.54 Å². The van der Waals surface area contributed by atoms with Crippen LogP contribution in [0.3, 0.4) is 0 Å². The molecule has 90 valence electrons. The lowest BCUT2D eigenvalue weighted by atomic mass is 10.1. The smallest absolute Gasteiger partial charge is 0.108 e. The van der Waals surface area contributed by atoms with E-state index < -0.39 is 6.10 Å². The van der Waals surface area contributed by atoms with E-state index >= 15 is 0 Å². The number of hydrogen-bond donors (Lipinski definition) is 1. The highest BCUT2D eigenvalue weighted by Crippen LogP contribution is 2.29. The molecule has 0 spiro atoms. The Balaban J connectivity index is 2.32. The average Bonchev–Trinajstić information content (AvgIpc) is 2.86. The van der Waals surface area contributed by atoms with Crippen molar-refractivity contribution in [2.75, 3.05) is 6.26 Å². The molecule has 0 radical (unpaired) electrons. The van der Waals surface area contributed by atoms with Crippen LogP contribution in [0.15, 0.2) is 41.6 Å². The number of aliphatic hydroxyl groups is 1. The summed E-state index contributed by atoms with van der Waals surface area (Å²) in [5.41, 5.74) is 1.78. The number of benzene rings is 1. The van der Waals surface area contributed by atoms with Gasteiger partial charge in [-0.25, -0.2) is 0 Å². The van der Waals surface area contributed by atoms with Crippen LogP contribution in [0.5, 0.6) is 0 Å². The maximum absolute atomic E-state index is 10.3. The van der Waals surface area contributed by atoms with Crippen molar-refractivity contribution >= 4 is 11.8 Å². The average molecular weight is 248 g/mol. The van der Waals surface area contributed by atoms with Crippen LogP contribution >= 0.6 is 11.8 Å². The molecule has 0 aliphatic rings. The summed E-state index contributed by atoms with van der Waals surface area (Å²) in [4.78, 5) is 1.10. The topological polar surface area (TPSA) is 38.0 Å². The van der Waals surface area contributed by atoms with Gasteiger partial charge in [-0.1, -0.05) is 18.2 Å². The van der Waals surface area contributed by atoms with Crippen LogP contribution in [0.1, 0.15) is 24.2 Å². The summed E-state index contributed by atoms with van der Waals surface area (Å²) in [6.45, 7) is 2.84. The van der Waals surface area contributed by atoms with Crippen LogP contribution in [0.2, 0.25) is 0 Å². The molecule has 0 aliphatic carbocycles. The Labute approximate surface area is 105 Å². The van der Waals surface area contributed by atoms with Gasteiger partial charge in [-0.15, -0.1) is 11.8 Å². The van der Waals surface area contributed by atoms with Gasteiger partial charge < -0.3 is 5.11 Å². The molecular weight excluding hydrogens is 232 g/mol. The van der Waals surface area contributed by atoms with E-state index in [-0.39, 0.29) is 0 Å². The van der Waals surface area contributed by atoms with Gasteiger partial charge in [-0.05, 0) is 24.8 Å². The Hall–Kier alpha value is -1.26. The van der Waals surface area contributed by atoms with Gasteiger partial charge in [-0.2, -0.15) is 5.10 Å². The Kier molecular flexibility index (Phi) is 3.86. The molecule has 0 amide bonds. The van der Waals surface area contributed by atoms with Gasteiger partial charge in [0.05, 0.1) is 6.20 Å². The zero-order chi connectivity index (χ0) is 12.3. The number of rotatable bonds is 4. The molecule has 1 unspecified atom stereocenters. The second-order valence-corrected chi connectivity index (χ2v) is 4.62. The zero-order valence-electron chi connectivity index (χ0n) is 10.00. The van der Waals surface area contributed by atoms with Crippen molar-refractivity contribution in [2.45, 2.75) is 24.5 Å². The van der Waals surface area contributed by atoms with E-state index in [0.29, 0.717) is 0 Å². The van der Waals surface area contributed by atoms with E-state index in [9.17, 15) is 5.11 Å². The van der Waals surface area contributed by atoms with E-state index in [1.54, 1.807) is 18.0 Å². The largest absolute Gasteiger partial charge is 0.383 e. The number of thioether (sulfide) groups is 1. The Morgan fingerprint density at radius 1 is 1.41 bits per heavy atom. The first-order valence-corrected chi connectivity index (χ1v) is 6.82. The van der Waals surface area contributed by atoms with Crippen molar-refractivity contribution in [3.63, 3.8) is 0 Å². The minimum atomic E-state index is -0.598. The van der Waals surface area contributed by atoms with Crippen LogP contribution < -0.4 is 0 Å². The second kappa shape index (κ2) is 5.38. The van der Waals surface area contributed by atoms with Gasteiger partial charge in [0, 0.05) is 23.2 Å². The molecule has 3 nitrogen and oxygen atoms in total. The van der Waals surface area contributed by atoms with Crippen molar-refractivity contribution in [3.8, 4) is 0 Å². The SMILES string of the molecule is CCn1cc(C(O)c2ccccc2SC)cn1. The Morgan fingerprint density at radius 3 is 2.82 bits per heavy atom. The van der Waals surface area contributed by atoms with Gasteiger partial charge in [0.15, 0.2) is 0 Å². The molecule has 1 atom stereocenters. The molecule has 17 heavy (non-hydrogen) atoms. The molecular formula is C13H16N2OS. The predicted octanol–water partition coefficient (Wildman–Crippen LogP) is 2.71. The monoisotopic (exact) mass is 248 g/mol. The molecule has 1 N–H and O–H groups in total.